The zero-order chi connectivity index (χ0) is 9.90. The maximum absolute atomic E-state index is 10.9. The standard InChI is InChI=1S/C8H10BrNO3/c1-13-8(10(11)12)5-3-2-4-7(8)6-9/h2-5,7H,6H2,1H3. The molecule has 4 nitrogen and oxygen atoms in total. The molecule has 0 spiro atoms. The molecule has 1 rings (SSSR count). The molecule has 0 aromatic carbocycles. The van der Waals surface area contributed by atoms with Gasteiger partial charge in [0.25, 0.3) is 0 Å². The van der Waals surface area contributed by atoms with Gasteiger partial charge in [-0.1, -0.05) is 34.2 Å². The lowest BCUT2D eigenvalue weighted by atomic mass is 9.93. The lowest BCUT2D eigenvalue weighted by molar-refractivity contribution is -0.618. The van der Waals surface area contributed by atoms with Crippen LogP contribution in [0.5, 0.6) is 0 Å². The van der Waals surface area contributed by atoms with Crippen LogP contribution in [0.1, 0.15) is 0 Å². The number of ether oxygens (including phenoxy) is 1. The van der Waals surface area contributed by atoms with E-state index in [1.807, 2.05) is 0 Å². The highest BCUT2D eigenvalue weighted by Gasteiger charge is 2.48. The molecule has 0 aliphatic heterocycles. The Morgan fingerprint density at radius 1 is 1.69 bits per heavy atom. The molecule has 0 radical (unpaired) electrons. The molecule has 13 heavy (non-hydrogen) atoms. The second kappa shape index (κ2) is 4.02. The van der Waals surface area contributed by atoms with E-state index in [4.69, 9.17) is 4.74 Å². The Morgan fingerprint density at radius 2 is 2.38 bits per heavy atom. The summed E-state index contributed by atoms with van der Waals surface area (Å²) in [5, 5.41) is 11.4. The van der Waals surface area contributed by atoms with Crippen molar-refractivity contribution in [2.24, 2.45) is 5.92 Å². The molecule has 2 atom stereocenters. The second-order valence-electron chi connectivity index (χ2n) is 2.72. The summed E-state index contributed by atoms with van der Waals surface area (Å²) >= 11 is 3.23. The molecule has 0 heterocycles. The van der Waals surface area contributed by atoms with Gasteiger partial charge in [-0.25, -0.2) is 0 Å². The minimum absolute atomic E-state index is 0.266. The first-order chi connectivity index (χ1) is 6.17. The van der Waals surface area contributed by atoms with Gasteiger partial charge in [0.15, 0.2) is 0 Å². The quantitative estimate of drug-likeness (QED) is 0.331. The Bertz CT molecular complexity index is 264. The molecule has 0 saturated heterocycles. The van der Waals surface area contributed by atoms with Gasteiger partial charge in [0.05, 0.1) is 10.8 Å². The van der Waals surface area contributed by atoms with E-state index in [9.17, 15) is 10.1 Å². The number of nitrogens with zero attached hydrogens (tertiary/aromatic N) is 1. The van der Waals surface area contributed by atoms with E-state index in [1.165, 1.54) is 13.2 Å². The third kappa shape index (κ3) is 1.66. The van der Waals surface area contributed by atoms with Crippen LogP contribution in [0.2, 0.25) is 0 Å². The number of alkyl halides is 1. The minimum Gasteiger partial charge on any atom is -0.314 e. The molecular weight excluding hydrogens is 238 g/mol. The van der Waals surface area contributed by atoms with Gasteiger partial charge in [-0.2, -0.15) is 0 Å². The van der Waals surface area contributed by atoms with Crippen LogP contribution >= 0.6 is 15.9 Å². The Hall–Kier alpha value is -0.680. The highest BCUT2D eigenvalue weighted by Crippen LogP contribution is 2.29. The van der Waals surface area contributed by atoms with Crippen LogP contribution in [0.4, 0.5) is 0 Å². The first-order valence-electron chi connectivity index (χ1n) is 3.79. The summed E-state index contributed by atoms with van der Waals surface area (Å²) in [4.78, 5) is 10.4. The van der Waals surface area contributed by atoms with E-state index in [0.717, 1.165) is 0 Å². The van der Waals surface area contributed by atoms with Gasteiger partial charge in [0.2, 0.25) is 0 Å². The van der Waals surface area contributed by atoms with Crippen LogP contribution in [-0.2, 0) is 4.74 Å². The largest absolute Gasteiger partial charge is 0.351 e. The van der Waals surface area contributed by atoms with Gasteiger partial charge in [0.1, 0.15) is 0 Å². The van der Waals surface area contributed by atoms with Gasteiger partial charge in [-0.05, 0) is 0 Å². The second-order valence-corrected chi connectivity index (χ2v) is 3.37. The highest BCUT2D eigenvalue weighted by molar-refractivity contribution is 9.09. The summed E-state index contributed by atoms with van der Waals surface area (Å²) in [5.74, 6) is -0.266. The molecule has 0 fully saturated rings. The van der Waals surface area contributed by atoms with Crippen molar-refractivity contribution in [3.8, 4) is 0 Å². The van der Waals surface area contributed by atoms with Crippen molar-refractivity contribution in [1.29, 1.82) is 0 Å². The minimum atomic E-state index is -1.40. The van der Waals surface area contributed by atoms with Crippen LogP contribution in [0.15, 0.2) is 24.3 Å². The molecule has 0 amide bonds. The van der Waals surface area contributed by atoms with Crippen molar-refractivity contribution in [3.63, 3.8) is 0 Å². The zero-order valence-electron chi connectivity index (χ0n) is 7.14. The lowest BCUT2D eigenvalue weighted by Gasteiger charge is -2.27. The van der Waals surface area contributed by atoms with E-state index < -0.39 is 10.6 Å². The Balaban J connectivity index is 3.02. The Labute approximate surface area is 84.5 Å². The normalized spacial score (nSPS) is 32.0. The summed E-state index contributed by atoms with van der Waals surface area (Å²) in [6.07, 6.45) is 6.65. The topological polar surface area (TPSA) is 52.4 Å². The summed E-state index contributed by atoms with van der Waals surface area (Å²) < 4.78 is 4.98. The van der Waals surface area contributed by atoms with E-state index in [2.05, 4.69) is 15.9 Å². The monoisotopic (exact) mass is 247 g/mol. The van der Waals surface area contributed by atoms with Crippen molar-refractivity contribution in [2.75, 3.05) is 12.4 Å². The molecule has 1 aliphatic carbocycles. The molecule has 1 aliphatic rings. The van der Waals surface area contributed by atoms with Crippen LogP contribution in [-0.4, -0.2) is 23.1 Å². The average Bonchev–Trinajstić information content (AvgIpc) is 2.17. The van der Waals surface area contributed by atoms with Crippen molar-refractivity contribution in [1.82, 2.24) is 0 Å². The predicted octanol–water partition coefficient (Wildman–Crippen LogP) is 1.74. The maximum atomic E-state index is 10.9. The van der Waals surface area contributed by atoms with Gasteiger partial charge < -0.3 is 4.74 Å². The molecule has 0 bridgehead atoms. The van der Waals surface area contributed by atoms with E-state index >= 15 is 0 Å². The van der Waals surface area contributed by atoms with Crippen molar-refractivity contribution < 1.29 is 9.66 Å². The number of hydrogen-bond acceptors (Lipinski definition) is 3. The SMILES string of the molecule is COC1([N+](=O)[O-])C=CC=CC1CBr. The number of allylic oxidation sites excluding steroid dienone is 2. The molecule has 0 N–H and O–H groups in total. The third-order valence-corrected chi connectivity index (χ3v) is 2.80. The van der Waals surface area contributed by atoms with Gasteiger partial charge in [-0.3, -0.25) is 10.1 Å². The van der Waals surface area contributed by atoms with Crippen LogP contribution < -0.4 is 0 Å². The first-order valence-corrected chi connectivity index (χ1v) is 4.91. The maximum Gasteiger partial charge on any atom is 0.351 e. The fraction of sp³-hybridized carbons (Fsp3) is 0.500. The molecule has 5 heteroatoms. The van der Waals surface area contributed by atoms with Gasteiger partial charge >= 0.3 is 5.72 Å². The summed E-state index contributed by atoms with van der Waals surface area (Å²) in [5.41, 5.74) is -1.40. The van der Waals surface area contributed by atoms with Crippen molar-refractivity contribution >= 4 is 15.9 Å². The molecule has 72 valence electrons. The lowest BCUT2D eigenvalue weighted by Crippen LogP contribution is -2.46. The van der Waals surface area contributed by atoms with E-state index in [-0.39, 0.29) is 5.92 Å². The summed E-state index contributed by atoms with van der Waals surface area (Å²) in [6.45, 7) is 0. The number of hydrogen-bond donors (Lipinski definition) is 0. The van der Waals surface area contributed by atoms with Crippen molar-refractivity contribution in [3.05, 3.63) is 34.4 Å². The fourth-order valence-electron chi connectivity index (χ4n) is 1.31. The van der Waals surface area contributed by atoms with Crippen LogP contribution in [0.25, 0.3) is 0 Å². The fourth-order valence-corrected chi connectivity index (χ4v) is 1.99. The molecule has 0 saturated carbocycles. The number of halogens is 1. The van der Waals surface area contributed by atoms with E-state index in [0.29, 0.717) is 5.33 Å². The van der Waals surface area contributed by atoms with Gasteiger partial charge in [0, 0.05) is 18.5 Å². The van der Waals surface area contributed by atoms with E-state index in [1.54, 1.807) is 18.2 Å². The predicted molar refractivity (Wildman–Crippen MR) is 52.3 cm³/mol. The molecule has 2 unspecified atom stereocenters. The summed E-state index contributed by atoms with van der Waals surface area (Å²) in [6, 6.07) is 0. The van der Waals surface area contributed by atoms with Crippen LogP contribution in [0.3, 0.4) is 0 Å². The highest BCUT2D eigenvalue weighted by atomic mass is 79.9. The Morgan fingerprint density at radius 3 is 2.77 bits per heavy atom. The zero-order valence-corrected chi connectivity index (χ0v) is 8.73. The Kier molecular flexibility index (Phi) is 3.22. The molecule has 0 aromatic rings. The van der Waals surface area contributed by atoms with Crippen molar-refractivity contribution in [2.45, 2.75) is 5.72 Å². The number of rotatable bonds is 3. The average molecular weight is 248 g/mol. The third-order valence-electron chi connectivity index (χ3n) is 2.10. The number of nitro groups is 1. The molecular formula is C8H10BrNO3. The summed E-state index contributed by atoms with van der Waals surface area (Å²) in [7, 11) is 1.35. The molecule has 0 aromatic heterocycles. The van der Waals surface area contributed by atoms with Crippen LogP contribution in [0, 0.1) is 16.0 Å². The number of methoxy groups -OCH3 is 1. The smallest absolute Gasteiger partial charge is 0.314 e. The van der Waals surface area contributed by atoms with Gasteiger partial charge in [-0.15, -0.1) is 0 Å². The first kappa shape index (κ1) is 10.4.